The Morgan fingerprint density at radius 3 is 2.68 bits per heavy atom. The Hall–Kier alpha value is -1.89. The van der Waals surface area contributed by atoms with E-state index in [1.807, 2.05) is 0 Å². The summed E-state index contributed by atoms with van der Waals surface area (Å²) >= 11 is 0. The molecule has 1 atom stereocenters. The molecule has 19 heavy (non-hydrogen) atoms. The molecule has 1 aliphatic heterocycles. The van der Waals surface area contributed by atoms with Gasteiger partial charge in [-0.2, -0.15) is 18.3 Å². The molecule has 0 saturated carbocycles. The summed E-state index contributed by atoms with van der Waals surface area (Å²) in [6.07, 6.45) is -2.92. The van der Waals surface area contributed by atoms with E-state index in [0.29, 0.717) is 11.4 Å². The Labute approximate surface area is 106 Å². The summed E-state index contributed by atoms with van der Waals surface area (Å²) in [6.45, 7) is -0.383. The maximum Gasteiger partial charge on any atom is 0.416 e. The molecule has 100 valence electrons. The van der Waals surface area contributed by atoms with Gasteiger partial charge in [0, 0.05) is 18.0 Å². The third kappa shape index (κ3) is 2.33. The second-order valence-electron chi connectivity index (χ2n) is 4.28. The van der Waals surface area contributed by atoms with Gasteiger partial charge >= 0.3 is 6.18 Å². The molecule has 0 aromatic carbocycles. The number of nitrogens with zero attached hydrogens (tertiary/aromatic N) is 3. The van der Waals surface area contributed by atoms with E-state index >= 15 is 0 Å². The molecule has 0 bridgehead atoms. The van der Waals surface area contributed by atoms with Crippen molar-refractivity contribution in [2.45, 2.75) is 25.4 Å². The number of halogens is 3. The summed E-state index contributed by atoms with van der Waals surface area (Å²) in [5, 5.41) is 4.19. The third-order valence-corrected chi connectivity index (χ3v) is 2.98. The molecule has 0 spiro atoms. The largest absolute Gasteiger partial charge is 0.416 e. The third-order valence-electron chi connectivity index (χ3n) is 2.98. The molecule has 0 saturated heterocycles. The lowest BCUT2D eigenvalue weighted by Crippen LogP contribution is -2.39. The standard InChI is InChI=1S/C12H10F3N3O/c13-12(14,15)11-6-18-9(7-19-11)5-10(17-18)8-1-3-16-4-2-8/h1-5,11H,6-7H2. The van der Waals surface area contributed by atoms with Gasteiger partial charge in [-0.25, -0.2) is 0 Å². The Morgan fingerprint density at radius 1 is 1.26 bits per heavy atom. The van der Waals surface area contributed by atoms with E-state index in [-0.39, 0.29) is 13.2 Å². The number of hydrogen-bond donors (Lipinski definition) is 0. The number of ether oxygens (including phenoxy) is 1. The van der Waals surface area contributed by atoms with Crippen LogP contribution in [0.2, 0.25) is 0 Å². The summed E-state index contributed by atoms with van der Waals surface area (Å²) in [5.41, 5.74) is 2.09. The summed E-state index contributed by atoms with van der Waals surface area (Å²) in [6, 6.07) is 5.26. The van der Waals surface area contributed by atoms with Crippen LogP contribution in [0, 0.1) is 0 Å². The van der Waals surface area contributed by atoms with Crippen LogP contribution < -0.4 is 0 Å². The van der Waals surface area contributed by atoms with Crippen LogP contribution in [0.3, 0.4) is 0 Å². The van der Waals surface area contributed by atoms with Gasteiger partial charge in [-0.1, -0.05) is 0 Å². The van der Waals surface area contributed by atoms with Gasteiger partial charge < -0.3 is 4.74 Å². The van der Waals surface area contributed by atoms with Gasteiger partial charge in [0.2, 0.25) is 0 Å². The van der Waals surface area contributed by atoms with Crippen molar-refractivity contribution in [1.82, 2.24) is 14.8 Å². The molecule has 0 radical (unpaired) electrons. The zero-order chi connectivity index (χ0) is 13.5. The highest BCUT2D eigenvalue weighted by atomic mass is 19.4. The lowest BCUT2D eigenvalue weighted by atomic mass is 10.2. The van der Waals surface area contributed by atoms with Crippen molar-refractivity contribution in [2.75, 3.05) is 0 Å². The van der Waals surface area contributed by atoms with Gasteiger partial charge in [-0.15, -0.1) is 0 Å². The van der Waals surface area contributed by atoms with Crippen LogP contribution in [0.15, 0.2) is 30.6 Å². The lowest BCUT2D eigenvalue weighted by Gasteiger charge is -2.25. The quantitative estimate of drug-likeness (QED) is 0.798. The summed E-state index contributed by atoms with van der Waals surface area (Å²) in [5.74, 6) is 0. The maximum absolute atomic E-state index is 12.6. The summed E-state index contributed by atoms with van der Waals surface area (Å²) in [7, 11) is 0. The van der Waals surface area contributed by atoms with Crippen molar-refractivity contribution in [2.24, 2.45) is 0 Å². The van der Waals surface area contributed by atoms with Crippen LogP contribution in [0.25, 0.3) is 11.3 Å². The molecule has 0 amide bonds. The molecule has 0 aliphatic carbocycles. The van der Waals surface area contributed by atoms with Gasteiger partial charge in [0.1, 0.15) is 0 Å². The lowest BCUT2D eigenvalue weighted by molar-refractivity contribution is -0.234. The molecule has 3 rings (SSSR count). The second-order valence-corrected chi connectivity index (χ2v) is 4.28. The number of alkyl halides is 3. The average molecular weight is 269 g/mol. The predicted molar refractivity (Wildman–Crippen MR) is 60.1 cm³/mol. The van der Waals surface area contributed by atoms with Gasteiger partial charge in [-0.3, -0.25) is 9.67 Å². The van der Waals surface area contributed by atoms with Crippen molar-refractivity contribution < 1.29 is 17.9 Å². The van der Waals surface area contributed by atoms with Crippen LogP contribution in [0.4, 0.5) is 13.2 Å². The molecular weight excluding hydrogens is 259 g/mol. The number of aromatic nitrogens is 3. The van der Waals surface area contributed by atoms with E-state index in [2.05, 4.69) is 10.1 Å². The Morgan fingerprint density at radius 2 is 2.00 bits per heavy atom. The van der Waals surface area contributed by atoms with Crippen LogP contribution in [0.1, 0.15) is 5.69 Å². The number of fused-ring (bicyclic) bond motifs is 1. The van der Waals surface area contributed by atoms with Crippen LogP contribution in [0.5, 0.6) is 0 Å². The first-order valence-corrected chi connectivity index (χ1v) is 5.69. The van der Waals surface area contributed by atoms with E-state index in [1.54, 1.807) is 30.6 Å². The molecule has 2 aromatic rings. The number of rotatable bonds is 1. The van der Waals surface area contributed by atoms with E-state index in [4.69, 9.17) is 4.74 Å². The fourth-order valence-corrected chi connectivity index (χ4v) is 1.99. The summed E-state index contributed by atoms with van der Waals surface area (Å²) in [4.78, 5) is 3.89. The number of hydrogen-bond acceptors (Lipinski definition) is 3. The molecule has 2 aromatic heterocycles. The minimum absolute atomic E-state index is 0.0811. The van der Waals surface area contributed by atoms with E-state index in [1.165, 1.54) is 4.68 Å². The Bertz CT molecular complexity index is 580. The fourth-order valence-electron chi connectivity index (χ4n) is 1.99. The molecule has 3 heterocycles. The van der Waals surface area contributed by atoms with Gasteiger partial charge in [0.05, 0.1) is 24.5 Å². The monoisotopic (exact) mass is 269 g/mol. The molecule has 7 heteroatoms. The second kappa shape index (κ2) is 4.34. The topological polar surface area (TPSA) is 39.9 Å². The first kappa shape index (κ1) is 12.2. The first-order chi connectivity index (χ1) is 9.04. The molecule has 0 N–H and O–H groups in total. The van der Waals surface area contributed by atoms with Crippen molar-refractivity contribution in [3.63, 3.8) is 0 Å². The highest BCUT2D eigenvalue weighted by Crippen LogP contribution is 2.29. The van der Waals surface area contributed by atoms with Gasteiger partial charge in [0.25, 0.3) is 0 Å². The first-order valence-electron chi connectivity index (χ1n) is 5.69. The van der Waals surface area contributed by atoms with Crippen molar-refractivity contribution in [3.05, 3.63) is 36.3 Å². The fraction of sp³-hybridized carbons (Fsp3) is 0.333. The van der Waals surface area contributed by atoms with Gasteiger partial charge in [0.15, 0.2) is 6.10 Å². The minimum Gasteiger partial charge on any atom is -0.361 e. The molecule has 1 aliphatic rings. The normalized spacial score (nSPS) is 19.2. The van der Waals surface area contributed by atoms with E-state index in [0.717, 1.165) is 5.56 Å². The van der Waals surface area contributed by atoms with Crippen LogP contribution in [-0.4, -0.2) is 27.0 Å². The highest BCUT2D eigenvalue weighted by molar-refractivity contribution is 5.58. The summed E-state index contributed by atoms with van der Waals surface area (Å²) < 4.78 is 44.0. The van der Waals surface area contributed by atoms with Crippen molar-refractivity contribution >= 4 is 0 Å². The average Bonchev–Trinajstić information content (AvgIpc) is 2.81. The zero-order valence-corrected chi connectivity index (χ0v) is 9.76. The van der Waals surface area contributed by atoms with E-state index in [9.17, 15) is 13.2 Å². The van der Waals surface area contributed by atoms with Crippen LogP contribution >= 0.6 is 0 Å². The molecule has 0 fully saturated rings. The predicted octanol–water partition coefficient (Wildman–Crippen LogP) is 2.41. The molecular formula is C12H10F3N3O. The Balaban J connectivity index is 1.89. The molecule has 4 nitrogen and oxygen atoms in total. The van der Waals surface area contributed by atoms with Crippen molar-refractivity contribution in [1.29, 1.82) is 0 Å². The van der Waals surface area contributed by atoms with Gasteiger partial charge in [-0.05, 0) is 18.2 Å². The molecule has 1 unspecified atom stereocenters. The zero-order valence-electron chi connectivity index (χ0n) is 9.76. The smallest absolute Gasteiger partial charge is 0.361 e. The SMILES string of the molecule is FC(F)(F)C1Cn2nc(-c3ccncc3)cc2CO1. The highest BCUT2D eigenvalue weighted by Gasteiger charge is 2.43. The van der Waals surface area contributed by atoms with Crippen LogP contribution in [-0.2, 0) is 17.9 Å². The maximum atomic E-state index is 12.6. The van der Waals surface area contributed by atoms with Crippen molar-refractivity contribution in [3.8, 4) is 11.3 Å². The minimum atomic E-state index is -4.36. The number of pyridine rings is 1. The Kier molecular flexibility index (Phi) is 2.78. The van der Waals surface area contributed by atoms with E-state index < -0.39 is 12.3 Å².